The van der Waals surface area contributed by atoms with Gasteiger partial charge in [-0.05, 0) is 18.9 Å². The summed E-state index contributed by atoms with van der Waals surface area (Å²) in [7, 11) is 0. The van der Waals surface area contributed by atoms with Crippen molar-refractivity contribution in [2.75, 3.05) is 24.5 Å². The number of carbonyl (C=O) groups excluding carboxylic acids is 1. The Morgan fingerprint density at radius 2 is 2.04 bits per heavy atom. The lowest BCUT2D eigenvalue weighted by molar-refractivity contribution is -0.133. The number of carbonyl (C=O) groups is 1. The fourth-order valence-corrected chi connectivity index (χ4v) is 4.12. The van der Waals surface area contributed by atoms with Crippen LogP contribution in [-0.2, 0) is 11.2 Å². The second-order valence-corrected chi connectivity index (χ2v) is 7.73. The number of hydrogen-bond donors (Lipinski definition) is 0. The van der Waals surface area contributed by atoms with Gasteiger partial charge in [-0.15, -0.1) is 0 Å². The van der Waals surface area contributed by atoms with E-state index in [-0.39, 0.29) is 6.04 Å². The summed E-state index contributed by atoms with van der Waals surface area (Å²) in [6.07, 6.45) is 4.73. The molecule has 26 heavy (non-hydrogen) atoms. The number of anilines is 1. The fourth-order valence-electron chi connectivity index (χ4n) is 3.40. The zero-order chi connectivity index (χ0) is 18.4. The molecule has 140 valence electrons. The van der Waals surface area contributed by atoms with Gasteiger partial charge in [0.05, 0.1) is 0 Å². The second-order valence-electron chi connectivity index (χ2n) is 6.99. The van der Waals surface area contributed by atoms with Gasteiger partial charge >= 0.3 is 0 Å². The molecule has 3 rings (SSSR count). The van der Waals surface area contributed by atoms with Crippen LogP contribution in [0.1, 0.15) is 50.9 Å². The average Bonchev–Trinajstić information content (AvgIpc) is 3.11. The van der Waals surface area contributed by atoms with Crippen LogP contribution in [0.2, 0.25) is 0 Å². The van der Waals surface area contributed by atoms with E-state index in [0.29, 0.717) is 12.3 Å². The molecule has 2 heterocycles. The summed E-state index contributed by atoms with van der Waals surface area (Å²) in [6.45, 7) is 6.75. The SMILES string of the molecule is CCCCCC(=O)N1CCN(c2nc(Cc3ccccc3)ns2)C[C@@H]1C. The molecular formula is C20H28N4OS. The summed E-state index contributed by atoms with van der Waals surface area (Å²) in [5.74, 6) is 1.18. The molecule has 1 aliphatic rings. The Labute approximate surface area is 160 Å². The average molecular weight is 373 g/mol. The Balaban J connectivity index is 1.55. The Hall–Kier alpha value is -1.95. The Bertz CT molecular complexity index is 703. The molecule has 1 atom stereocenters. The van der Waals surface area contributed by atoms with Crippen LogP contribution in [0.5, 0.6) is 0 Å². The highest BCUT2D eigenvalue weighted by Gasteiger charge is 2.28. The largest absolute Gasteiger partial charge is 0.343 e. The molecule has 1 aromatic heterocycles. The van der Waals surface area contributed by atoms with Gasteiger partial charge in [0.25, 0.3) is 0 Å². The van der Waals surface area contributed by atoms with Crippen LogP contribution < -0.4 is 4.90 Å². The van der Waals surface area contributed by atoms with Gasteiger partial charge in [-0.2, -0.15) is 4.37 Å². The number of hydrogen-bond acceptors (Lipinski definition) is 5. The smallest absolute Gasteiger partial charge is 0.222 e. The van der Waals surface area contributed by atoms with Crippen molar-refractivity contribution in [1.82, 2.24) is 14.3 Å². The normalized spacial score (nSPS) is 17.5. The van der Waals surface area contributed by atoms with Gasteiger partial charge in [0.15, 0.2) is 0 Å². The monoisotopic (exact) mass is 372 g/mol. The molecule has 1 aromatic carbocycles. The molecule has 1 amide bonds. The quantitative estimate of drug-likeness (QED) is 0.695. The van der Waals surface area contributed by atoms with E-state index in [1.807, 2.05) is 23.1 Å². The van der Waals surface area contributed by atoms with Crippen molar-refractivity contribution in [3.8, 4) is 0 Å². The van der Waals surface area contributed by atoms with E-state index in [4.69, 9.17) is 4.98 Å². The maximum Gasteiger partial charge on any atom is 0.222 e. The minimum Gasteiger partial charge on any atom is -0.343 e. The lowest BCUT2D eigenvalue weighted by atomic mass is 10.1. The molecule has 0 spiro atoms. The first-order valence-electron chi connectivity index (χ1n) is 9.58. The van der Waals surface area contributed by atoms with Crippen LogP contribution in [0, 0.1) is 0 Å². The topological polar surface area (TPSA) is 49.3 Å². The molecule has 1 saturated heterocycles. The van der Waals surface area contributed by atoms with Crippen molar-refractivity contribution in [1.29, 1.82) is 0 Å². The lowest BCUT2D eigenvalue weighted by Crippen LogP contribution is -2.54. The predicted octanol–water partition coefficient (Wildman–Crippen LogP) is 3.75. The summed E-state index contributed by atoms with van der Waals surface area (Å²) in [5.41, 5.74) is 1.23. The van der Waals surface area contributed by atoms with Gasteiger partial charge < -0.3 is 9.80 Å². The van der Waals surface area contributed by atoms with E-state index in [0.717, 1.165) is 56.3 Å². The molecule has 1 aliphatic heterocycles. The van der Waals surface area contributed by atoms with Gasteiger partial charge in [-0.1, -0.05) is 50.1 Å². The molecule has 1 fully saturated rings. The third-order valence-corrected chi connectivity index (χ3v) is 5.69. The van der Waals surface area contributed by atoms with E-state index in [2.05, 4.69) is 35.3 Å². The predicted molar refractivity (Wildman–Crippen MR) is 107 cm³/mol. The molecule has 0 unspecified atom stereocenters. The summed E-state index contributed by atoms with van der Waals surface area (Å²) < 4.78 is 4.52. The summed E-state index contributed by atoms with van der Waals surface area (Å²) in [4.78, 5) is 21.5. The van der Waals surface area contributed by atoms with Gasteiger partial charge in [0, 0.05) is 50.1 Å². The van der Waals surface area contributed by atoms with Crippen LogP contribution >= 0.6 is 11.5 Å². The van der Waals surface area contributed by atoms with Crippen molar-refractivity contribution in [2.45, 2.75) is 52.0 Å². The molecule has 5 nitrogen and oxygen atoms in total. The minimum atomic E-state index is 0.222. The second kappa shape index (κ2) is 9.12. The first kappa shape index (κ1) is 18.8. The molecule has 0 aliphatic carbocycles. The van der Waals surface area contributed by atoms with E-state index in [9.17, 15) is 4.79 Å². The fraction of sp³-hybridized carbons (Fsp3) is 0.550. The van der Waals surface area contributed by atoms with E-state index in [1.54, 1.807) is 0 Å². The van der Waals surface area contributed by atoms with Gasteiger partial charge in [-0.3, -0.25) is 4.79 Å². The van der Waals surface area contributed by atoms with Crippen LogP contribution in [0.4, 0.5) is 5.13 Å². The van der Waals surface area contributed by atoms with E-state index in [1.165, 1.54) is 17.1 Å². The van der Waals surface area contributed by atoms with Crippen LogP contribution in [0.25, 0.3) is 0 Å². The zero-order valence-electron chi connectivity index (χ0n) is 15.7. The van der Waals surface area contributed by atoms with Crippen molar-refractivity contribution in [2.24, 2.45) is 0 Å². The number of nitrogens with zero attached hydrogens (tertiary/aromatic N) is 4. The Morgan fingerprint density at radius 1 is 1.23 bits per heavy atom. The number of aromatic nitrogens is 2. The van der Waals surface area contributed by atoms with Gasteiger partial charge in [-0.25, -0.2) is 4.98 Å². The lowest BCUT2D eigenvalue weighted by Gasteiger charge is -2.39. The minimum absolute atomic E-state index is 0.222. The summed E-state index contributed by atoms with van der Waals surface area (Å²) >= 11 is 1.47. The number of piperazine rings is 1. The van der Waals surface area contributed by atoms with Crippen LogP contribution in [0.15, 0.2) is 30.3 Å². The van der Waals surface area contributed by atoms with Crippen LogP contribution in [-0.4, -0.2) is 45.8 Å². The van der Waals surface area contributed by atoms with Crippen molar-refractivity contribution in [3.05, 3.63) is 41.7 Å². The third-order valence-electron chi connectivity index (χ3n) is 4.87. The van der Waals surface area contributed by atoms with Crippen molar-refractivity contribution >= 4 is 22.6 Å². The molecule has 6 heteroatoms. The Morgan fingerprint density at radius 3 is 2.77 bits per heavy atom. The number of unbranched alkanes of at least 4 members (excludes halogenated alkanes) is 2. The third kappa shape index (κ3) is 4.81. The van der Waals surface area contributed by atoms with Crippen molar-refractivity contribution in [3.63, 3.8) is 0 Å². The van der Waals surface area contributed by atoms with Crippen LogP contribution in [0.3, 0.4) is 0 Å². The summed E-state index contributed by atoms with van der Waals surface area (Å²) in [5, 5.41) is 0.973. The summed E-state index contributed by atoms with van der Waals surface area (Å²) in [6, 6.07) is 10.5. The van der Waals surface area contributed by atoms with Crippen molar-refractivity contribution < 1.29 is 4.79 Å². The maximum atomic E-state index is 12.4. The number of rotatable bonds is 7. The molecular weight excluding hydrogens is 344 g/mol. The highest BCUT2D eigenvalue weighted by atomic mass is 32.1. The number of amides is 1. The first-order valence-corrected chi connectivity index (χ1v) is 10.4. The molecule has 0 N–H and O–H groups in total. The highest BCUT2D eigenvalue weighted by Crippen LogP contribution is 2.23. The van der Waals surface area contributed by atoms with E-state index >= 15 is 0 Å². The molecule has 2 aromatic rings. The van der Waals surface area contributed by atoms with Gasteiger partial charge in [0.2, 0.25) is 11.0 Å². The molecule has 0 radical (unpaired) electrons. The van der Waals surface area contributed by atoms with Gasteiger partial charge in [0.1, 0.15) is 5.82 Å². The standard InChI is InChI=1S/C20H28N4OS/c1-3-4-6-11-19(25)24-13-12-23(15-16(24)2)20-21-18(22-26-20)14-17-9-7-5-8-10-17/h5,7-10,16H,3-4,6,11-15H2,1-2H3/t16-/m0/s1. The first-order chi connectivity index (χ1) is 12.7. The maximum absolute atomic E-state index is 12.4. The molecule has 0 saturated carbocycles. The highest BCUT2D eigenvalue weighted by molar-refractivity contribution is 7.09. The van der Waals surface area contributed by atoms with E-state index < -0.39 is 0 Å². The number of benzene rings is 1. The molecule has 0 bridgehead atoms. The zero-order valence-corrected chi connectivity index (χ0v) is 16.5. The Kier molecular flexibility index (Phi) is 6.61.